The number of carbonyl (C=O) groups excluding carboxylic acids is 1. The first-order valence-electron chi connectivity index (χ1n) is 8.52. The van der Waals surface area contributed by atoms with Crippen molar-refractivity contribution < 1.29 is 4.79 Å². The Morgan fingerprint density at radius 1 is 1.10 bits per heavy atom. The maximum atomic E-state index is 11.2. The van der Waals surface area contributed by atoms with Crippen LogP contribution < -0.4 is 11.1 Å². The first kappa shape index (κ1) is 15.8. The molecule has 0 aromatic rings. The lowest BCUT2D eigenvalue weighted by Gasteiger charge is -2.41. The predicted octanol–water partition coefficient (Wildman–Crippen LogP) is 3.08. The summed E-state index contributed by atoms with van der Waals surface area (Å²) in [5.74, 6) is 2.46. The van der Waals surface area contributed by atoms with Gasteiger partial charge in [0.05, 0.1) is 0 Å². The summed E-state index contributed by atoms with van der Waals surface area (Å²) in [6.45, 7) is 7.11. The molecular weight excluding hydrogens is 248 g/mol. The van der Waals surface area contributed by atoms with Crippen molar-refractivity contribution in [3.63, 3.8) is 0 Å². The molecule has 0 saturated heterocycles. The van der Waals surface area contributed by atoms with Crippen LogP contribution in [0.4, 0.5) is 0 Å². The summed E-state index contributed by atoms with van der Waals surface area (Å²) in [6.07, 6.45) is 8.25. The largest absolute Gasteiger partial charge is 0.369 e. The monoisotopic (exact) mass is 280 g/mol. The molecule has 2 aliphatic rings. The standard InChI is InChI=1S/C17H32N2O/c1-11(2)15-9-4-12(3)10-16(15)19-14-7-5-13(6-8-14)17(18)20/h11-16,19H,4-10H2,1-3H3,(H2,18,20). The van der Waals surface area contributed by atoms with Crippen LogP contribution in [0, 0.1) is 23.7 Å². The number of nitrogens with one attached hydrogen (secondary N) is 1. The molecule has 1 amide bonds. The van der Waals surface area contributed by atoms with Crippen LogP contribution >= 0.6 is 0 Å². The minimum atomic E-state index is -0.102. The molecule has 3 atom stereocenters. The van der Waals surface area contributed by atoms with Crippen LogP contribution in [0.2, 0.25) is 0 Å². The molecule has 3 N–H and O–H groups in total. The number of hydrogen-bond acceptors (Lipinski definition) is 2. The normalized spacial score (nSPS) is 38.9. The molecule has 2 rings (SSSR count). The van der Waals surface area contributed by atoms with Gasteiger partial charge in [-0.3, -0.25) is 4.79 Å². The van der Waals surface area contributed by atoms with Crippen molar-refractivity contribution in [2.24, 2.45) is 29.4 Å². The summed E-state index contributed by atoms with van der Waals surface area (Å²) in [6, 6.07) is 1.27. The molecular formula is C17H32N2O. The number of carbonyl (C=O) groups is 1. The Kier molecular flexibility index (Phi) is 5.48. The molecule has 2 aliphatic carbocycles. The fraction of sp³-hybridized carbons (Fsp3) is 0.941. The van der Waals surface area contributed by atoms with Gasteiger partial charge < -0.3 is 11.1 Å². The van der Waals surface area contributed by atoms with Gasteiger partial charge in [0.1, 0.15) is 0 Å². The van der Waals surface area contributed by atoms with Crippen LogP contribution in [0.5, 0.6) is 0 Å². The summed E-state index contributed by atoms with van der Waals surface area (Å²) in [5.41, 5.74) is 5.42. The molecule has 0 aliphatic heterocycles. The highest BCUT2D eigenvalue weighted by molar-refractivity contribution is 5.76. The zero-order chi connectivity index (χ0) is 14.7. The zero-order valence-corrected chi connectivity index (χ0v) is 13.4. The Labute approximate surface area is 124 Å². The van der Waals surface area contributed by atoms with Crippen LogP contribution in [0.3, 0.4) is 0 Å². The van der Waals surface area contributed by atoms with Crippen molar-refractivity contribution in [3.05, 3.63) is 0 Å². The minimum absolute atomic E-state index is 0.102. The molecule has 2 saturated carbocycles. The highest BCUT2D eigenvalue weighted by atomic mass is 16.1. The lowest BCUT2D eigenvalue weighted by atomic mass is 9.73. The summed E-state index contributed by atoms with van der Waals surface area (Å²) >= 11 is 0. The first-order chi connectivity index (χ1) is 9.47. The van der Waals surface area contributed by atoms with Crippen LogP contribution in [0.1, 0.15) is 65.7 Å². The van der Waals surface area contributed by atoms with Crippen molar-refractivity contribution in [1.82, 2.24) is 5.32 Å². The molecule has 2 fully saturated rings. The second-order valence-electron chi connectivity index (χ2n) is 7.55. The Hall–Kier alpha value is -0.570. The Morgan fingerprint density at radius 3 is 2.30 bits per heavy atom. The van der Waals surface area contributed by atoms with E-state index in [-0.39, 0.29) is 11.8 Å². The van der Waals surface area contributed by atoms with E-state index in [1.54, 1.807) is 0 Å². The molecule has 0 spiro atoms. The number of hydrogen-bond donors (Lipinski definition) is 2. The van der Waals surface area contributed by atoms with Crippen LogP contribution in [0.15, 0.2) is 0 Å². The van der Waals surface area contributed by atoms with Gasteiger partial charge in [-0.05, 0) is 56.3 Å². The lowest BCUT2D eigenvalue weighted by Crippen LogP contribution is -2.48. The van der Waals surface area contributed by atoms with Gasteiger partial charge in [-0.2, -0.15) is 0 Å². The number of rotatable bonds is 4. The topological polar surface area (TPSA) is 55.1 Å². The summed E-state index contributed by atoms with van der Waals surface area (Å²) in [5, 5.41) is 3.93. The van der Waals surface area contributed by atoms with E-state index in [4.69, 9.17) is 5.73 Å². The van der Waals surface area contributed by atoms with Gasteiger partial charge in [-0.25, -0.2) is 0 Å². The van der Waals surface area contributed by atoms with E-state index in [9.17, 15) is 4.79 Å². The van der Waals surface area contributed by atoms with Crippen molar-refractivity contribution in [1.29, 1.82) is 0 Å². The highest BCUT2D eigenvalue weighted by Gasteiger charge is 2.33. The van der Waals surface area contributed by atoms with Gasteiger partial charge in [0.25, 0.3) is 0 Å². The smallest absolute Gasteiger partial charge is 0.220 e. The lowest BCUT2D eigenvalue weighted by molar-refractivity contribution is -0.122. The average Bonchev–Trinajstić information content (AvgIpc) is 2.39. The Morgan fingerprint density at radius 2 is 1.75 bits per heavy atom. The maximum Gasteiger partial charge on any atom is 0.220 e. The van der Waals surface area contributed by atoms with Crippen molar-refractivity contribution in [2.75, 3.05) is 0 Å². The van der Waals surface area contributed by atoms with Gasteiger partial charge in [-0.15, -0.1) is 0 Å². The van der Waals surface area contributed by atoms with Crippen molar-refractivity contribution in [3.8, 4) is 0 Å². The zero-order valence-electron chi connectivity index (χ0n) is 13.4. The van der Waals surface area contributed by atoms with Crippen molar-refractivity contribution in [2.45, 2.75) is 77.8 Å². The third-order valence-corrected chi connectivity index (χ3v) is 5.60. The van der Waals surface area contributed by atoms with Gasteiger partial charge in [0, 0.05) is 18.0 Å². The average molecular weight is 280 g/mol. The molecule has 0 aromatic heterocycles. The van der Waals surface area contributed by atoms with Crippen LogP contribution in [0.25, 0.3) is 0 Å². The fourth-order valence-corrected chi connectivity index (χ4v) is 4.24. The summed E-state index contributed by atoms with van der Waals surface area (Å²) in [7, 11) is 0. The quantitative estimate of drug-likeness (QED) is 0.831. The summed E-state index contributed by atoms with van der Waals surface area (Å²) < 4.78 is 0. The van der Waals surface area contributed by atoms with E-state index >= 15 is 0 Å². The predicted molar refractivity (Wildman–Crippen MR) is 83.2 cm³/mol. The van der Waals surface area contributed by atoms with E-state index < -0.39 is 0 Å². The van der Waals surface area contributed by atoms with E-state index in [0.29, 0.717) is 12.1 Å². The SMILES string of the molecule is CC1CCC(C(C)C)C(NC2CCC(C(N)=O)CC2)C1. The first-order valence-corrected chi connectivity index (χ1v) is 8.52. The maximum absolute atomic E-state index is 11.2. The number of nitrogens with two attached hydrogens (primary N) is 1. The minimum Gasteiger partial charge on any atom is -0.369 e. The highest BCUT2D eigenvalue weighted by Crippen LogP contribution is 2.35. The Balaban J connectivity index is 1.86. The second kappa shape index (κ2) is 6.93. The van der Waals surface area contributed by atoms with Gasteiger partial charge in [0.15, 0.2) is 0 Å². The molecule has 0 heterocycles. The van der Waals surface area contributed by atoms with Crippen molar-refractivity contribution >= 4 is 5.91 Å². The third kappa shape index (κ3) is 3.97. The molecule has 0 radical (unpaired) electrons. The summed E-state index contributed by atoms with van der Waals surface area (Å²) in [4.78, 5) is 11.2. The molecule has 3 nitrogen and oxygen atoms in total. The second-order valence-corrected chi connectivity index (χ2v) is 7.55. The third-order valence-electron chi connectivity index (χ3n) is 5.60. The van der Waals surface area contributed by atoms with Gasteiger partial charge in [0.2, 0.25) is 5.91 Å². The molecule has 0 aromatic carbocycles. The van der Waals surface area contributed by atoms with Crippen LogP contribution in [-0.4, -0.2) is 18.0 Å². The molecule has 0 bridgehead atoms. The van der Waals surface area contributed by atoms with Gasteiger partial charge >= 0.3 is 0 Å². The van der Waals surface area contributed by atoms with E-state index in [2.05, 4.69) is 26.1 Å². The molecule has 3 unspecified atom stereocenters. The molecule has 3 heteroatoms. The number of primary amides is 1. The Bertz CT molecular complexity index is 321. The van der Waals surface area contributed by atoms with Crippen LogP contribution in [-0.2, 0) is 4.79 Å². The van der Waals surface area contributed by atoms with E-state index in [1.807, 2.05) is 0 Å². The van der Waals surface area contributed by atoms with E-state index in [0.717, 1.165) is 43.4 Å². The molecule has 116 valence electrons. The molecule has 20 heavy (non-hydrogen) atoms. The van der Waals surface area contributed by atoms with Gasteiger partial charge in [-0.1, -0.05) is 27.2 Å². The van der Waals surface area contributed by atoms with E-state index in [1.165, 1.54) is 19.3 Å². The number of amides is 1. The fourth-order valence-electron chi connectivity index (χ4n) is 4.24.